The second-order valence-corrected chi connectivity index (χ2v) is 9.87. The molecule has 0 atom stereocenters. The number of imide groups is 1. The van der Waals surface area contributed by atoms with Gasteiger partial charge in [-0.05, 0) is 48.5 Å². The second-order valence-electron chi connectivity index (χ2n) is 8.03. The van der Waals surface area contributed by atoms with Crippen molar-refractivity contribution in [1.82, 2.24) is 14.9 Å². The van der Waals surface area contributed by atoms with E-state index in [0.717, 1.165) is 10.6 Å². The predicted molar refractivity (Wildman–Crippen MR) is 136 cm³/mol. The molecule has 9 nitrogen and oxygen atoms in total. The molecule has 2 heterocycles. The number of hydrogen-bond acceptors (Lipinski definition) is 7. The third-order valence-corrected chi connectivity index (χ3v) is 6.93. The van der Waals surface area contributed by atoms with E-state index in [1.54, 1.807) is 54.6 Å². The summed E-state index contributed by atoms with van der Waals surface area (Å²) in [6.45, 7) is -0.267. The second kappa shape index (κ2) is 9.13. The van der Waals surface area contributed by atoms with E-state index >= 15 is 0 Å². The number of nitrogens with zero attached hydrogens (tertiary/aromatic N) is 3. The molecular weight excluding hydrogens is 478 g/mol. The number of amides is 2. The molecule has 0 spiro atoms. The van der Waals surface area contributed by atoms with Gasteiger partial charge in [0.05, 0.1) is 22.4 Å². The van der Waals surface area contributed by atoms with Crippen molar-refractivity contribution in [3.8, 4) is 12.3 Å². The number of fused-ring (bicyclic) bond motifs is 2. The van der Waals surface area contributed by atoms with Crippen LogP contribution in [0.1, 0.15) is 26.3 Å². The summed E-state index contributed by atoms with van der Waals surface area (Å²) in [5.74, 6) is 1.59. The summed E-state index contributed by atoms with van der Waals surface area (Å²) in [6, 6.07) is 18.5. The first-order valence-electron chi connectivity index (χ1n) is 10.9. The van der Waals surface area contributed by atoms with Gasteiger partial charge in [0.1, 0.15) is 12.1 Å². The fourth-order valence-electron chi connectivity index (χ4n) is 3.93. The summed E-state index contributed by atoms with van der Waals surface area (Å²) >= 11 is 0. The molecule has 178 valence electrons. The molecule has 0 fully saturated rings. The average Bonchev–Trinajstić information content (AvgIpc) is 3.12. The molecule has 0 saturated heterocycles. The van der Waals surface area contributed by atoms with Crippen LogP contribution in [0.4, 0.5) is 17.2 Å². The average molecular weight is 498 g/mol. The molecular formula is C26H19N5O4S. The number of sulfonamides is 1. The lowest BCUT2D eigenvalue weighted by Crippen LogP contribution is -2.35. The van der Waals surface area contributed by atoms with Crippen molar-refractivity contribution in [3.63, 3.8) is 0 Å². The van der Waals surface area contributed by atoms with Gasteiger partial charge in [-0.25, -0.2) is 18.4 Å². The maximum atomic E-state index is 12.8. The Hall–Kier alpha value is -4.75. The molecule has 1 aromatic heterocycles. The molecule has 0 saturated carbocycles. The molecule has 0 radical (unpaired) electrons. The van der Waals surface area contributed by atoms with Gasteiger partial charge < -0.3 is 5.32 Å². The van der Waals surface area contributed by atoms with Crippen molar-refractivity contribution in [2.45, 2.75) is 0 Å². The number of rotatable bonds is 7. The lowest BCUT2D eigenvalue weighted by molar-refractivity contribution is 0.0664. The van der Waals surface area contributed by atoms with Crippen LogP contribution >= 0.6 is 0 Å². The van der Waals surface area contributed by atoms with E-state index in [2.05, 4.69) is 25.9 Å². The van der Waals surface area contributed by atoms with Gasteiger partial charge in [0, 0.05) is 28.9 Å². The third-order valence-electron chi connectivity index (χ3n) is 5.66. The largest absolute Gasteiger partial charge is 0.340 e. The molecule has 1 aliphatic rings. The first-order valence-corrected chi connectivity index (χ1v) is 12.5. The summed E-state index contributed by atoms with van der Waals surface area (Å²) in [7, 11) is -3.89. The zero-order chi connectivity index (χ0) is 25.3. The van der Waals surface area contributed by atoms with Crippen molar-refractivity contribution in [2.75, 3.05) is 22.3 Å². The van der Waals surface area contributed by atoms with E-state index in [-0.39, 0.29) is 17.7 Å². The lowest BCUT2D eigenvalue weighted by atomic mass is 10.1. The Balaban J connectivity index is 1.34. The lowest BCUT2D eigenvalue weighted by Gasteiger charge is -2.15. The Morgan fingerprint density at radius 1 is 0.889 bits per heavy atom. The van der Waals surface area contributed by atoms with Gasteiger partial charge in [0.15, 0.2) is 0 Å². The van der Waals surface area contributed by atoms with E-state index in [4.69, 9.17) is 6.42 Å². The quantitative estimate of drug-likeness (QED) is 0.297. The van der Waals surface area contributed by atoms with E-state index in [0.29, 0.717) is 28.0 Å². The minimum absolute atomic E-state index is 0.267. The Morgan fingerprint density at radius 2 is 1.64 bits per heavy atom. The van der Waals surface area contributed by atoms with E-state index < -0.39 is 27.6 Å². The maximum Gasteiger partial charge on any atom is 0.261 e. The minimum atomic E-state index is -3.89. The first kappa shape index (κ1) is 23.0. The molecule has 0 unspecified atom stereocenters. The van der Waals surface area contributed by atoms with Crippen LogP contribution in [0.25, 0.3) is 10.9 Å². The zero-order valence-electron chi connectivity index (χ0n) is 18.8. The smallest absolute Gasteiger partial charge is 0.261 e. The van der Waals surface area contributed by atoms with E-state index in [1.165, 1.54) is 6.33 Å². The van der Waals surface area contributed by atoms with Crippen molar-refractivity contribution in [2.24, 2.45) is 0 Å². The van der Waals surface area contributed by atoms with Gasteiger partial charge >= 0.3 is 0 Å². The molecule has 2 N–H and O–H groups in total. The van der Waals surface area contributed by atoms with Crippen LogP contribution in [-0.2, 0) is 10.0 Å². The normalized spacial score (nSPS) is 12.9. The fourth-order valence-corrected chi connectivity index (χ4v) is 4.94. The Bertz CT molecular complexity index is 1640. The van der Waals surface area contributed by atoms with Gasteiger partial charge in [-0.15, -0.1) is 6.42 Å². The molecule has 0 bridgehead atoms. The summed E-state index contributed by atoms with van der Waals surface area (Å²) < 4.78 is 28.1. The molecule has 10 heteroatoms. The van der Waals surface area contributed by atoms with E-state index in [1.807, 2.05) is 12.1 Å². The van der Waals surface area contributed by atoms with Crippen LogP contribution in [0.2, 0.25) is 0 Å². The Morgan fingerprint density at radius 3 is 2.36 bits per heavy atom. The Labute approximate surface area is 207 Å². The molecule has 36 heavy (non-hydrogen) atoms. The highest BCUT2D eigenvalue weighted by Crippen LogP contribution is 2.27. The van der Waals surface area contributed by atoms with E-state index in [9.17, 15) is 18.0 Å². The van der Waals surface area contributed by atoms with Crippen LogP contribution in [0.3, 0.4) is 0 Å². The zero-order valence-corrected chi connectivity index (χ0v) is 19.6. The summed E-state index contributed by atoms with van der Waals surface area (Å²) in [5.41, 5.74) is 2.86. The standard InChI is InChI=1S/C26H19N5O4S/c1-2-17-6-5-7-18(14-17)29-24-22-15-19(10-11-23(22)27-16-28-24)30-36(34,35)13-12-31-25(32)20-8-3-4-9-21(20)26(31)33/h1,3-11,14-16,30H,12-13H2,(H,27,28,29). The van der Waals surface area contributed by atoms with Crippen LogP contribution in [-0.4, -0.2) is 47.4 Å². The molecule has 4 aromatic rings. The predicted octanol–water partition coefficient (Wildman–Crippen LogP) is 3.39. The molecule has 5 rings (SSSR count). The number of carbonyl (C=O) groups is 2. The minimum Gasteiger partial charge on any atom is -0.340 e. The molecule has 1 aliphatic heterocycles. The molecule has 3 aromatic carbocycles. The van der Waals surface area contributed by atoms with Crippen LogP contribution in [0.5, 0.6) is 0 Å². The maximum absolute atomic E-state index is 12.8. The van der Waals surface area contributed by atoms with Crippen LogP contribution < -0.4 is 10.0 Å². The number of terminal acetylenes is 1. The van der Waals surface area contributed by atoms with Gasteiger partial charge in [0.2, 0.25) is 10.0 Å². The summed E-state index contributed by atoms with van der Waals surface area (Å²) in [4.78, 5) is 34.5. The van der Waals surface area contributed by atoms with Crippen LogP contribution in [0.15, 0.2) is 73.1 Å². The molecule has 2 amide bonds. The van der Waals surface area contributed by atoms with Gasteiger partial charge in [-0.3, -0.25) is 19.2 Å². The van der Waals surface area contributed by atoms with Crippen molar-refractivity contribution >= 4 is 49.9 Å². The fraction of sp³-hybridized carbons (Fsp3) is 0.0769. The number of aromatic nitrogens is 2. The molecule has 0 aliphatic carbocycles. The number of carbonyl (C=O) groups excluding carboxylic acids is 2. The van der Waals surface area contributed by atoms with Crippen molar-refractivity contribution in [1.29, 1.82) is 0 Å². The highest BCUT2D eigenvalue weighted by molar-refractivity contribution is 7.92. The summed E-state index contributed by atoms with van der Waals surface area (Å²) in [6.07, 6.45) is 6.88. The highest BCUT2D eigenvalue weighted by atomic mass is 32.2. The van der Waals surface area contributed by atoms with Crippen molar-refractivity contribution < 1.29 is 18.0 Å². The number of benzene rings is 3. The van der Waals surface area contributed by atoms with Crippen molar-refractivity contribution in [3.05, 3.63) is 89.7 Å². The number of anilines is 3. The van der Waals surface area contributed by atoms with Gasteiger partial charge in [-0.1, -0.05) is 24.1 Å². The Kier molecular flexibility index (Phi) is 5.83. The topological polar surface area (TPSA) is 121 Å². The van der Waals surface area contributed by atoms with Gasteiger partial charge in [0.25, 0.3) is 11.8 Å². The van der Waals surface area contributed by atoms with Gasteiger partial charge in [-0.2, -0.15) is 0 Å². The third kappa shape index (κ3) is 4.47. The first-order chi connectivity index (χ1) is 17.3. The summed E-state index contributed by atoms with van der Waals surface area (Å²) in [5, 5.41) is 3.77. The SMILES string of the molecule is C#Cc1cccc(Nc2ncnc3ccc(NS(=O)(=O)CCN4C(=O)c5ccccc5C4=O)cc23)c1. The monoisotopic (exact) mass is 497 g/mol. The number of hydrogen-bond donors (Lipinski definition) is 2. The van der Waals surface area contributed by atoms with Crippen LogP contribution in [0, 0.1) is 12.3 Å². The highest BCUT2D eigenvalue weighted by Gasteiger charge is 2.35. The number of nitrogens with one attached hydrogen (secondary N) is 2.